The van der Waals surface area contributed by atoms with Gasteiger partial charge in [0.1, 0.15) is 24.4 Å². The lowest BCUT2D eigenvalue weighted by atomic mass is 9.99. The van der Waals surface area contributed by atoms with Gasteiger partial charge in [-0.15, -0.1) is 0 Å². The van der Waals surface area contributed by atoms with E-state index in [1.165, 1.54) is 173 Å². The third kappa shape index (κ3) is 52.3. The molecule has 1 aliphatic heterocycles. The lowest BCUT2D eigenvalue weighted by Crippen LogP contribution is -2.60. The number of amides is 1. The summed E-state index contributed by atoms with van der Waals surface area (Å²) in [5.41, 5.74) is 0. The SMILES string of the molecule is CC/C=C\C/C=C\C/C=C\C/C=C\C/C=C\C/C=C\C/C=C\C/C=C\CCCCCCCCCCCCC(=O)NC(COC1OC(CO)C(O)C(O)C1O)C(O)/C=C/CC/C=C/CCCCCCCCCCCCCCCCCCCCCCC. The van der Waals surface area contributed by atoms with Crippen molar-refractivity contribution in [2.75, 3.05) is 13.2 Å². The second-order valence-electron chi connectivity index (χ2n) is 23.9. The van der Waals surface area contributed by atoms with Crippen molar-refractivity contribution in [3.8, 4) is 0 Å². The number of ether oxygens (including phenoxy) is 2. The number of hydrogen-bond donors (Lipinski definition) is 6. The maximum atomic E-state index is 13.1. The first-order chi connectivity index (χ1) is 41.8. The van der Waals surface area contributed by atoms with E-state index in [9.17, 15) is 30.3 Å². The number of aliphatic hydroxyl groups is 5. The van der Waals surface area contributed by atoms with Crippen molar-refractivity contribution in [1.82, 2.24) is 5.32 Å². The number of rotatable bonds is 60. The fraction of sp³-hybridized carbons (Fsp3) is 0.724. The molecule has 488 valence electrons. The van der Waals surface area contributed by atoms with Gasteiger partial charge in [-0.25, -0.2) is 0 Å². The first kappa shape index (κ1) is 79.6. The summed E-state index contributed by atoms with van der Waals surface area (Å²) in [5.74, 6) is -0.193. The van der Waals surface area contributed by atoms with Gasteiger partial charge in [-0.3, -0.25) is 4.79 Å². The molecule has 85 heavy (non-hydrogen) atoms. The molecule has 0 spiro atoms. The Kier molecular flexibility index (Phi) is 59.6. The van der Waals surface area contributed by atoms with E-state index in [1.54, 1.807) is 6.08 Å². The maximum Gasteiger partial charge on any atom is 0.220 e. The van der Waals surface area contributed by atoms with Crippen LogP contribution in [0.1, 0.15) is 296 Å². The predicted molar refractivity (Wildman–Crippen MR) is 364 cm³/mol. The molecular weight excluding hydrogens is 1050 g/mol. The lowest BCUT2D eigenvalue weighted by Gasteiger charge is -2.40. The highest BCUT2D eigenvalue weighted by atomic mass is 16.7. The first-order valence-electron chi connectivity index (χ1n) is 35.3. The Balaban J connectivity index is 2.18. The molecule has 7 atom stereocenters. The molecule has 9 nitrogen and oxygen atoms in total. The van der Waals surface area contributed by atoms with Gasteiger partial charge in [0.05, 0.1) is 25.4 Å². The second-order valence-corrected chi connectivity index (χ2v) is 23.9. The van der Waals surface area contributed by atoms with Crippen LogP contribution in [0.2, 0.25) is 0 Å². The Morgan fingerprint density at radius 1 is 0.412 bits per heavy atom. The standard InChI is InChI=1S/C76H131NO8/c1-3-5-7-9-11-13-15-17-19-21-23-25-27-29-31-32-33-34-35-36-37-38-40-42-44-46-48-50-52-54-56-58-60-62-64-66-72(80)77-69(68-84-76-75(83)74(82)73(81)71(67-78)85-76)70(79)65-63-61-59-57-55-53-51-49-47-45-43-41-39-30-28-26-24-22-20-18-16-14-12-10-8-6-4-2/h5,7,11,13,17,19,23,25,29,31,33-34,36-37,40,42,55,57,63,65,69-71,73-76,78-79,81-83H,3-4,6,8-10,12,14-16,18,20-22,24,26-28,30,32,35,38-39,41,43-54,56,58-62,64,66-68H2,1-2H3,(H,77,80)/b7-5-,13-11-,19-17-,25-23-,31-29-,34-33-,37-36-,42-40-,57-55+,65-63+. The third-order valence-electron chi connectivity index (χ3n) is 16.0. The molecule has 0 aromatic heterocycles. The van der Waals surface area contributed by atoms with Crippen LogP contribution >= 0.6 is 0 Å². The Labute approximate surface area is 522 Å². The van der Waals surface area contributed by atoms with Crippen molar-refractivity contribution < 1.29 is 39.8 Å². The monoisotopic (exact) mass is 1190 g/mol. The van der Waals surface area contributed by atoms with Crippen molar-refractivity contribution in [1.29, 1.82) is 0 Å². The number of hydrogen-bond acceptors (Lipinski definition) is 8. The molecule has 1 saturated heterocycles. The van der Waals surface area contributed by atoms with Crippen LogP contribution in [0.3, 0.4) is 0 Å². The number of unbranched alkanes of at least 4 members (excludes halogenated alkanes) is 32. The zero-order valence-electron chi connectivity index (χ0n) is 54.6. The summed E-state index contributed by atoms with van der Waals surface area (Å²) in [6.07, 6.45) is 88.7. The summed E-state index contributed by atoms with van der Waals surface area (Å²) < 4.78 is 11.3. The van der Waals surface area contributed by atoms with E-state index in [1.807, 2.05) is 6.08 Å². The van der Waals surface area contributed by atoms with E-state index in [0.717, 1.165) is 103 Å². The number of carbonyl (C=O) groups excluding carboxylic acids is 1. The van der Waals surface area contributed by atoms with Crippen LogP contribution in [0, 0.1) is 0 Å². The van der Waals surface area contributed by atoms with Crippen molar-refractivity contribution in [2.45, 2.75) is 339 Å². The molecule has 0 radical (unpaired) electrons. The first-order valence-corrected chi connectivity index (χ1v) is 35.3. The van der Waals surface area contributed by atoms with Crippen LogP contribution in [0.5, 0.6) is 0 Å². The van der Waals surface area contributed by atoms with Gasteiger partial charge < -0.3 is 40.3 Å². The topological polar surface area (TPSA) is 149 Å². The van der Waals surface area contributed by atoms with Gasteiger partial charge in [-0.2, -0.15) is 0 Å². The molecule has 0 saturated carbocycles. The summed E-state index contributed by atoms with van der Waals surface area (Å²) >= 11 is 0. The molecule has 0 aromatic rings. The smallest absolute Gasteiger partial charge is 0.220 e. The summed E-state index contributed by atoms with van der Waals surface area (Å²) in [7, 11) is 0. The molecule has 0 bridgehead atoms. The Hall–Kier alpha value is -3.41. The summed E-state index contributed by atoms with van der Waals surface area (Å²) in [6, 6.07) is -0.834. The van der Waals surface area contributed by atoms with Gasteiger partial charge in [0.2, 0.25) is 5.91 Å². The van der Waals surface area contributed by atoms with Crippen LogP contribution in [0.15, 0.2) is 122 Å². The van der Waals surface area contributed by atoms with E-state index in [0.29, 0.717) is 6.42 Å². The zero-order valence-corrected chi connectivity index (χ0v) is 54.6. The second kappa shape index (κ2) is 63.6. The highest BCUT2D eigenvalue weighted by Crippen LogP contribution is 2.23. The highest BCUT2D eigenvalue weighted by molar-refractivity contribution is 5.76. The maximum absolute atomic E-state index is 13.1. The van der Waals surface area contributed by atoms with Gasteiger partial charge in [0, 0.05) is 6.42 Å². The van der Waals surface area contributed by atoms with Crippen LogP contribution in [-0.2, 0) is 14.3 Å². The number of aliphatic hydroxyl groups excluding tert-OH is 5. The minimum atomic E-state index is -1.58. The van der Waals surface area contributed by atoms with E-state index < -0.39 is 49.5 Å². The number of nitrogens with one attached hydrogen (secondary N) is 1. The van der Waals surface area contributed by atoms with E-state index in [-0.39, 0.29) is 12.5 Å². The Morgan fingerprint density at radius 2 is 0.741 bits per heavy atom. The lowest BCUT2D eigenvalue weighted by molar-refractivity contribution is -0.302. The average Bonchev–Trinajstić information content (AvgIpc) is 3.71. The molecular formula is C76H131NO8. The molecule has 1 rings (SSSR count). The van der Waals surface area contributed by atoms with Crippen LogP contribution in [0.4, 0.5) is 0 Å². The molecule has 1 aliphatic rings. The highest BCUT2D eigenvalue weighted by Gasteiger charge is 2.44. The minimum absolute atomic E-state index is 0.193. The van der Waals surface area contributed by atoms with Crippen molar-refractivity contribution in [2.24, 2.45) is 0 Å². The van der Waals surface area contributed by atoms with Crippen LogP contribution in [0.25, 0.3) is 0 Å². The average molecular weight is 1190 g/mol. The fourth-order valence-electron chi connectivity index (χ4n) is 10.5. The normalized spacial score (nSPS) is 18.9. The molecule has 6 N–H and O–H groups in total. The minimum Gasteiger partial charge on any atom is -0.394 e. The fourth-order valence-corrected chi connectivity index (χ4v) is 10.5. The third-order valence-corrected chi connectivity index (χ3v) is 16.0. The molecule has 7 unspecified atom stereocenters. The molecule has 1 heterocycles. The van der Waals surface area contributed by atoms with E-state index >= 15 is 0 Å². The number of allylic oxidation sites excluding steroid dienone is 19. The zero-order chi connectivity index (χ0) is 61.4. The van der Waals surface area contributed by atoms with Crippen molar-refractivity contribution >= 4 is 5.91 Å². The van der Waals surface area contributed by atoms with Gasteiger partial charge in [0.25, 0.3) is 0 Å². The Bertz CT molecular complexity index is 1760. The Morgan fingerprint density at radius 3 is 1.13 bits per heavy atom. The molecule has 1 fully saturated rings. The largest absolute Gasteiger partial charge is 0.394 e. The molecule has 9 heteroatoms. The van der Waals surface area contributed by atoms with Gasteiger partial charge in [-0.1, -0.05) is 315 Å². The summed E-state index contributed by atoms with van der Waals surface area (Å²) in [6.45, 7) is 3.67. The summed E-state index contributed by atoms with van der Waals surface area (Å²) in [4.78, 5) is 13.1. The van der Waals surface area contributed by atoms with Gasteiger partial charge in [0.15, 0.2) is 6.29 Å². The van der Waals surface area contributed by atoms with Crippen LogP contribution in [-0.4, -0.2) is 87.5 Å². The van der Waals surface area contributed by atoms with Gasteiger partial charge >= 0.3 is 0 Å². The van der Waals surface area contributed by atoms with Crippen LogP contribution < -0.4 is 5.32 Å². The van der Waals surface area contributed by atoms with Crippen molar-refractivity contribution in [3.05, 3.63) is 122 Å². The molecule has 1 amide bonds. The molecule has 0 aromatic carbocycles. The van der Waals surface area contributed by atoms with Crippen molar-refractivity contribution in [3.63, 3.8) is 0 Å². The van der Waals surface area contributed by atoms with E-state index in [4.69, 9.17) is 9.47 Å². The van der Waals surface area contributed by atoms with Gasteiger partial charge in [-0.05, 0) is 96.3 Å². The number of carbonyl (C=O) groups is 1. The predicted octanol–water partition coefficient (Wildman–Crippen LogP) is 19.4. The molecule has 0 aliphatic carbocycles. The summed E-state index contributed by atoms with van der Waals surface area (Å²) in [5, 5.41) is 54.7. The van der Waals surface area contributed by atoms with E-state index in [2.05, 4.69) is 129 Å². The quantitative estimate of drug-likeness (QED) is 0.0261.